The van der Waals surface area contributed by atoms with Crippen LogP contribution in [0, 0.1) is 11.8 Å². The van der Waals surface area contributed by atoms with Crippen molar-refractivity contribution in [3.63, 3.8) is 0 Å². The first-order chi connectivity index (χ1) is 9.71. The largest absolute Gasteiger partial charge is 0.398 e. The van der Waals surface area contributed by atoms with Crippen molar-refractivity contribution in [2.75, 3.05) is 0 Å². The molecule has 0 aliphatic heterocycles. The molecule has 2 rings (SSSR count). The second-order valence-electron chi connectivity index (χ2n) is 6.49. The van der Waals surface area contributed by atoms with Gasteiger partial charge in [0.15, 0.2) is 5.60 Å². The van der Waals surface area contributed by atoms with Crippen molar-refractivity contribution in [1.82, 2.24) is 0 Å². The summed E-state index contributed by atoms with van der Waals surface area (Å²) in [6, 6.07) is 0. The van der Waals surface area contributed by atoms with E-state index in [4.69, 9.17) is 4.55 Å². The van der Waals surface area contributed by atoms with Gasteiger partial charge in [0, 0.05) is 0 Å². The van der Waals surface area contributed by atoms with Crippen LogP contribution in [-0.4, -0.2) is 28.9 Å². The van der Waals surface area contributed by atoms with Crippen LogP contribution in [0.3, 0.4) is 0 Å². The Morgan fingerprint density at radius 3 is 1.43 bits per heavy atom. The summed E-state index contributed by atoms with van der Waals surface area (Å²) in [5, 5.41) is 6.33. The quantitative estimate of drug-likeness (QED) is 0.777. The summed E-state index contributed by atoms with van der Waals surface area (Å²) >= 11 is 0. The molecule has 124 valence electrons. The zero-order valence-electron chi connectivity index (χ0n) is 12.1. The molecule has 0 aromatic heterocycles. The average Bonchev–Trinajstić information content (AvgIpc) is 2.47. The molecule has 0 saturated heterocycles. The van der Waals surface area contributed by atoms with Gasteiger partial charge in [-0.3, -0.25) is 4.55 Å². The standard InChI is InChI=1S/C14H24F2O4S/c15-14(16,21(18,19)20)13(17,11-7-3-1-4-8-11)12-9-5-2-6-10-12/h11-12,17H,1-10H2,(H,18,19,20). The van der Waals surface area contributed by atoms with Crippen LogP contribution in [-0.2, 0) is 10.1 Å². The molecule has 7 heteroatoms. The minimum atomic E-state index is -5.64. The van der Waals surface area contributed by atoms with E-state index < -0.39 is 32.8 Å². The molecule has 2 aliphatic carbocycles. The molecule has 0 radical (unpaired) electrons. The highest BCUT2D eigenvalue weighted by atomic mass is 32.2. The maximum absolute atomic E-state index is 14.5. The molecule has 0 aromatic carbocycles. The normalized spacial score (nSPS) is 24.2. The molecule has 0 aromatic rings. The lowest BCUT2D eigenvalue weighted by Gasteiger charge is -2.47. The van der Waals surface area contributed by atoms with E-state index in [1.54, 1.807) is 0 Å². The van der Waals surface area contributed by atoms with Crippen LogP contribution in [0.1, 0.15) is 64.2 Å². The van der Waals surface area contributed by atoms with Gasteiger partial charge in [-0.2, -0.15) is 17.2 Å². The summed E-state index contributed by atoms with van der Waals surface area (Å²) in [6.45, 7) is 0. The van der Waals surface area contributed by atoms with Crippen LogP contribution in [0.5, 0.6) is 0 Å². The third kappa shape index (κ3) is 2.97. The van der Waals surface area contributed by atoms with Gasteiger partial charge in [-0.15, -0.1) is 0 Å². The van der Waals surface area contributed by atoms with E-state index in [1.165, 1.54) is 0 Å². The molecule has 21 heavy (non-hydrogen) atoms. The van der Waals surface area contributed by atoms with E-state index in [0.29, 0.717) is 51.4 Å². The minimum absolute atomic E-state index is 0.387. The van der Waals surface area contributed by atoms with Gasteiger partial charge in [-0.25, -0.2) is 0 Å². The summed E-state index contributed by atoms with van der Waals surface area (Å²) in [5.41, 5.74) is -2.65. The maximum Gasteiger partial charge on any atom is 0.398 e. The van der Waals surface area contributed by atoms with Gasteiger partial charge in [0.2, 0.25) is 0 Å². The summed E-state index contributed by atoms with van der Waals surface area (Å²) in [4.78, 5) is 0. The first kappa shape index (κ1) is 17.1. The Morgan fingerprint density at radius 2 is 1.14 bits per heavy atom. The van der Waals surface area contributed by atoms with Crippen molar-refractivity contribution in [1.29, 1.82) is 0 Å². The molecule has 0 atom stereocenters. The number of hydrogen-bond donors (Lipinski definition) is 2. The number of hydrogen-bond acceptors (Lipinski definition) is 3. The summed E-state index contributed by atoms with van der Waals surface area (Å²) in [7, 11) is -5.64. The van der Waals surface area contributed by atoms with Gasteiger partial charge in [0.1, 0.15) is 0 Å². The third-order valence-corrected chi connectivity index (χ3v) is 6.22. The molecule has 4 nitrogen and oxygen atoms in total. The molecule has 2 saturated carbocycles. The Morgan fingerprint density at radius 1 is 0.810 bits per heavy atom. The number of halogens is 2. The second-order valence-corrected chi connectivity index (χ2v) is 7.95. The molecule has 0 unspecified atom stereocenters. The minimum Gasteiger partial charge on any atom is -0.382 e. The van der Waals surface area contributed by atoms with E-state index in [1.807, 2.05) is 0 Å². The van der Waals surface area contributed by atoms with Crippen molar-refractivity contribution in [3.05, 3.63) is 0 Å². The zero-order chi connectivity index (χ0) is 15.7. The highest BCUT2D eigenvalue weighted by Crippen LogP contribution is 2.52. The van der Waals surface area contributed by atoms with Gasteiger partial charge in [0.05, 0.1) is 0 Å². The number of aliphatic hydroxyl groups is 1. The van der Waals surface area contributed by atoms with Crippen LogP contribution in [0.2, 0.25) is 0 Å². The first-order valence-corrected chi connectivity index (χ1v) is 9.22. The lowest BCUT2D eigenvalue weighted by molar-refractivity contribution is -0.205. The average molecular weight is 326 g/mol. The van der Waals surface area contributed by atoms with Crippen LogP contribution >= 0.6 is 0 Å². The Kier molecular flexibility index (Phi) is 4.95. The van der Waals surface area contributed by atoms with Crippen LogP contribution in [0.4, 0.5) is 8.78 Å². The first-order valence-electron chi connectivity index (χ1n) is 7.78. The third-order valence-electron chi connectivity index (χ3n) is 5.25. The predicted octanol–water partition coefficient (Wildman–Crippen LogP) is 3.36. The van der Waals surface area contributed by atoms with Crippen LogP contribution < -0.4 is 0 Å². The van der Waals surface area contributed by atoms with Gasteiger partial charge in [0.25, 0.3) is 0 Å². The Bertz CT molecular complexity index is 434. The highest BCUT2D eigenvalue weighted by molar-refractivity contribution is 7.87. The summed E-state index contributed by atoms with van der Waals surface area (Å²) in [5.74, 6) is -1.54. The van der Waals surface area contributed by atoms with Crippen LogP contribution in [0.15, 0.2) is 0 Å². The summed E-state index contributed by atoms with van der Waals surface area (Å²) in [6.07, 6.45) is 6.21. The van der Waals surface area contributed by atoms with Crippen molar-refractivity contribution in [2.45, 2.75) is 75.1 Å². The van der Waals surface area contributed by atoms with Gasteiger partial charge in [-0.1, -0.05) is 38.5 Å². The fourth-order valence-electron chi connectivity index (χ4n) is 4.10. The summed E-state index contributed by atoms with van der Waals surface area (Å²) < 4.78 is 60.4. The molecule has 0 heterocycles. The Balaban J connectivity index is 2.41. The van der Waals surface area contributed by atoms with Gasteiger partial charge < -0.3 is 5.11 Å². The fourth-order valence-corrected chi connectivity index (χ4v) is 4.85. The molecular weight excluding hydrogens is 302 g/mol. The van der Waals surface area contributed by atoms with E-state index >= 15 is 0 Å². The van der Waals surface area contributed by atoms with Crippen molar-refractivity contribution in [3.8, 4) is 0 Å². The van der Waals surface area contributed by atoms with Crippen molar-refractivity contribution >= 4 is 10.1 Å². The van der Waals surface area contributed by atoms with E-state index in [0.717, 1.165) is 12.8 Å². The topological polar surface area (TPSA) is 74.6 Å². The predicted molar refractivity (Wildman–Crippen MR) is 74.6 cm³/mol. The van der Waals surface area contributed by atoms with Crippen molar-refractivity contribution in [2.24, 2.45) is 11.8 Å². The van der Waals surface area contributed by atoms with Gasteiger partial charge >= 0.3 is 15.4 Å². The lowest BCUT2D eigenvalue weighted by atomic mass is 9.66. The smallest absolute Gasteiger partial charge is 0.382 e. The Hall–Kier alpha value is -0.270. The van der Waals surface area contributed by atoms with Gasteiger partial charge in [-0.05, 0) is 37.5 Å². The zero-order valence-corrected chi connectivity index (χ0v) is 12.9. The fraction of sp³-hybridized carbons (Fsp3) is 1.00. The molecule has 0 spiro atoms. The molecular formula is C14H24F2O4S. The highest BCUT2D eigenvalue weighted by Gasteiger charge is 2.67. The van der Waals surface area contributed by atoms with E-state index in [-0.39, 0.29) is 0 Å². The van der Waals surface area contributed by atoms with Crippen molar-refractivity contribution < 1.29 is 26.9 Å². The van der Waals surface area contributed by atoms with E-state index in [9.17, 15) is 22.3 Å². The lowest BCUT2D eigenvalue weighted by Crippen LogP contribution is -2.62. The SMILES string of the molecule is O=S(=O)(O)C(F)(F)C(O)(C1CCCCC1)C1CCCCC1. The second kappa shape index (κ2) is 6.08. The number of rotatable bonds is 4. The molecule has 0 amide bonds. The number of alkyl halides is 2. The molecule has 2 fully saturated rings. The molecule has 2 aliphatic rings. The Labute approximate surface area is 124 Å². The van der Waals surface area contributed by atoms with E-state index in [2.05, 4.69) is 0 Å². The molecule has 2 N–H and O–H groups in total. The monoisotopic (exact) mass is 326 g/mol. The maximum atomic E-state index is 14.5. The molecule has 0 bridgehead atoms. The van der Waals surface area contributed by atoms with Crippen LogP contribution in [0.25, 0.3) is 0 Å².